The summed E-state index contributed by atoms with van der Waals surface area (Å²) in [4.78, 5) is 42.1. The SMILES string of the molecule is CCCCCCCCCCCCn1c(=O)[nH]c2[nH]c(=O)[nH]c(=O)c21. The van der Waals surface area contributed by atoms with Crippen molar-refractivity contribution in [2.24, 2.45) is 0 Å². The van der Waals surface area contributed by atoms with Gasteiger partial charge in [0.15, 0.2) is 5.52 Å². The van der Waals surface area contributed by atoms with Gasteiger partial charge in [0.05, 0.1) is 0 Å². The Morgan fingerprint density at radius 2 is 1.33 bits per heavy atom. The van der Waals surface area contributed by atoms with E-state index in [9.17, 15) is 14.4 Å². The number of imidazole rings is 1. The molecular formula is C17H28N4O3. The van der Waals surface area contributed by atoms with Crippen molar-refractivity contribution in [3.05, 3.63) is 31.3 Å². The van der Waals surface area contributed by atoms with Crippen LogP contribution in [0.15, 0.2) is 14.4 Å². The summed E-state index contributed by atoms with van der Waals surface area (Å²) in [6.45, 7) is 2.72. The largest absolute Gasteiger partial charge is 0.327 e. The molecule has 0 atom stereocenters. The Balaban J connectivity index is 1.75. The molecule has 3 N–H and O–H groups in total. The van der Waals surface area contributed by atoms with Crippen LogP contribution in [0.3, 0.4) is 0 Å². The topological polar surface area (TPSA) is 104 Å². The van der Waals surface area contributed by atoms with Crippen molar-refractivity contribution in [1.82, 2.24) is 19.5 Å². The van der Waals surface area contributed by atoms with Gasteiger partial charge in [0.2, 0.25) is 0 Å². The molecule has 0 radical (unpaired) electrons. The highest BCUT2D eigenvalue weighted by Crippen LogP contribution is 2.11. The summed E-state index contributed by atoms with van der Waals surface area (Å²) in [5.41, 5.74) is -1.08. The standard InChI is InChI=1S/C17H28N4O3/c1-2-3-4-5-6-7-8-9-10-11-12-21-13-14(19-17(21)24)18-16(23)20-15(13)22/h2-12H2,1H3,(H3,18,19,20,22,23,24). The van der Waals surface area contributed by atoms with E-state index < -0.39 is 11.2 Å². The van der Waals surface area contributed by atoms with Crippen molar-refractivity contribution >= 4 is 11.2 Å². The number of aryl methyl sites for hydroxylation is 1. The lowest BCUT2D eigenvalue weighted by Crippen LogP contribution is -2.25. The van der Waals surface area contributed by atoms with Gasteiger partial charge in [-0.25, -0.2) is 9.59 Å². The van der Waals surface area contributed by atoms with Crippen LogP contribution < -0.4 is 16.9 Å². The number of hydrogen-bond acceptors (Lipinski definition) is 3. The molecule has 0 aliphatic heterocycles. The van der Waals surface area contributed by atoms with E-state index in [2.05, 4.69) is 21.9 Å². The molecule has 7 heteroatoms. The van der Waals surface area contributed by atoms with Crippen LogP contribution in [0.1, 0.15) is 71.1 Å². The third kappa shape index (κ3) is 4.97. The molecule has 0 saturated carbocycles. The van der Waals surface area contributed by atoms with Gasteiger partial charge in [-0.05, 0) is 6.42 Å². The minimum atomic E-state index is -0.611. The van der Waals surface area contributed by atoms with Crippen LogP contribution in [0, 0.1) is 0 Å². The maximum Gasteiger partial charge on any atom is 0.327 e. The molecule has 0 aliphatic carbocycles. The lowest BCUT2D eigenvalue weighted by atomic mass is 10.1. The summed E-state index contributed by atoms with van der Waals surface area (Å²) in [6.07, 6.45) is 12.1. The Morgan fingerprint density at radius 1 is 0.750 bits per heavy atom. The molecule has 0 saturated heterocycles. The maximum absolute atomic E-state index is 11.9. The van der Waals surface area contributed by atoms with Gasteiger partial charge in [0.1, 0.15) is 5.65 Å². The Morgan fingerprint density at radius 3 is 1.96 bits per heavy atom. The zero-order chi connectivity index (χ0) is 17.4. The molecule has 0 spiro atoms. The van der Waals surface area contributed by atoms with E-state index in [0.29, 0.717) is 6.54 Å². The number of nitrogens with one attached hydrogen (secondary N) is 3. The number of unbranched alkanes of at least 4 members (excludes halogenated alkanes) is 9. The van der Waals surface area contributed by atoms with Gasteiger partial charge in [0, 0.05) is 6.54 Å². The van der Waals surface area contributed by atoms with E-state index >= 15 is 0 Å². The molecule has 2 rings (SSSR count). The monoisotopic (exact) mass is 336 g/mol. The first-order chi connectivity index (χ1) is 11.6. The Bertz CT molecular complexity index is 796. The third-order valence-corrected chi connectivity index (χ3v) is 4.40. The first-order valence-corrected chi connectivity index (χ1v) is 9.08. The lowest BCUT2D eigenvalue weighted by Gasteiger charge is -2.04. The number of nitrogens with zero attached hydrogens (tertiary/aromatic N) is 1. The highest BCUT2D eigenvalue weighted by atomic mass is 16.2. The van der Waals surface area contributed by atoms with Gasteiger partial charge in [-0.15, -0.1) is 0 Å². The van der Waals surface area contributed by atoms with Crippen LogP contribution in [-0.4, -0.2) is 19.5 Å². The van der Waals surface area contributed by atoms with Crippen LogP contribution in [0.4, 0.5) is 0 Å². The Hall–Kier alpha value is -2.05. The second kappa shape index (κ2) is 9.30. The number of aromatic nitrogens is 4. The summed E-state index contributed by atoms with van der Waals surface area (Å²) in [7, 11) is 0. The van der Waals surface area contributed by atoms with E-state index in [0.717, 1.165) is 19.3 Å². The summed E-state index contributed by atoms with van der Waals surface area (Å²) in [5, 5.41) is 0. The van der Waals surface area contributed by atoms with E-state index in [4.69, 9.17) is 0 Å². The Labute approximate surface area is 140 Å². The quantitative estimate of drug-likeness (QED) is 0.549. The fraction of sp³-hybridized carbons (Fsp3) is 0.706. The third-order valence-electron chi connectivity index (χ3n) is 4.40. The zero-order valence-corrected chi connectivity index (χ0v) is 14.5. The molecule has 134 valence electrons. The summed E-state index contributed by atoms with van der Waals surface area (Å²) in [5.74, 6) is 0. The van der Waals surface area contributed by atoms with E-state index in [-0.39, 0.29) is 16.9 Å². The predicted octanol–water partition coefficient (Wildman–Crippen LogP) is 2.63. The molecule has 2 aromatic heterocycles. The van der Waals surface area contributed by atoms with Crippen molar-refractivity contribution < 1.29 is 0 Å². The number of aromatic amines is 3. The van der Waals surface area contributed by atoms with Gasteiger partial charge in [-0.2, -0.15) is 0 Å². The van der Waals surface area contributed by atoms with Crippen LogP contribution in [0.5, 0.6) is 0 Å². The van der Waals surface area contributed by atoms with Crippen LogP contribution in [0.25, 0.3) is 11.2 Å². The fourth-order valence-electron chi connectivity index (χ4n) is 3.07. The minimum Gasteiger partial charge on any atom is -0.292 e. The second-order valence-corrected chi connectivity index (χ2v) is 6.40. The predicted molar refractivity (Wildman–Crippen MR) is 95.6 cm³/mol. The van der Waals surface area contributed by atoms with Crippen molar-refractivity contribution in [3.8, 4) is 0 Å². The molecule has 7 nitrogen and oxygen atoms in total. The van der Waals surface area contributed by atoms with Crippen molar-refractivity contribution in [2.75, 3.05) is 0 Å². The number of H-pyrrole nitrogens is 3. The fourth-order valence-corrected chi connectivity index (χ4v) is 3.07. The van der Waals surface area contributed by atoms with Crippen LogP contribution in [0.2, 0.25) is 0 Å². The minimum absolute atomic E-state index is 0.195. The molecule has 2 heterocycles. The molecule has 24 heavy (non-hydrogen) atoms. The highest BCUT2D eigenvalue weighted by molar-refractivity contribution is 5.68. The van der Waals surface area contributed by atoms with Gasteiger partial charge in [-0.1, -0.05) is 64.7 Å². The molecule has 2 aromatic rings. The van der Waals surface area contributed by atoms with Crippen LogP contribution >= 0.6 is 0 Å². The van der Waals surface area contributed by atoms with E-state index in [1.807, 2.05) is 0 Å². The number of rotatable bonds is 11. The normalized spacial score (nSPS) is 11.4. The van der Waals surface area contributed by atoms with E-state index in [1.54, 1.807) is 0 Å². The number of hydrogen-bond donors (Lipinski definition) is 3. The van der Waals surface area contributed by atoms with Gasteiger partial charge in [0.25, 0.3) is 5.56 Å². The molecule has 0 unspecified atom stereocenters. The molecule has 0 aromatic carbocycles. The maximum atomic E-state index is 11.9. The molecular weight excluding hydrogens is 308 g/mol. The smallest absolute Gasteiger partial charge is 0.292 e. The summed E-state index contributed by atoms with van der Waals surface area (Å²) in [6, 6.07) is 0. The molecule has 0 aliphatic rings. The molecule has 0 bridgehead atoms. The number of fused-ring (bicyclic) bond motifs is 1. The average molecular weight is 336 g/mol. The highest BCUT2D eigenvalue weighted by Gasteiger charge is 2.11. The first kappa shape index (κ1) is 18.3. The van der Waals surface area contributed by atoms with Crippen LogP contribution in [-0.2, 0) is 6.54 Å². The lowest BCUT2D eigenvalue weighted by molar-refractivity contribution is 0.534. The van der Waals surface area contributed by atoms with E-state index in [1.165, 1.54) is 49.5 Å². The second-order valence-electron chi connectivity index (χ2n) is 6.40. The summed E-state index contributed by atoms with van der Waals surface area (Å²) >= 11 is 0. The molecule has 0 fully saturated rings. The molecule has 0 amide bonds. The van der Waals surface area contributed by atoms with Crippen molar-refractivity contribution in [2.45, 2.75) is 77.7 Å². The Kier molecular flexibility index (Phi) is 7.08. The average Bonchev–Trinajstić information content (AvgIpc) is 2.85. The van der Waals surface area contributed by atoms with Crippen molar-refractivity contribution in [1.29, 1.82) is 0 Å². The van der Waals surface area contributed by atoms with Gasteiger partial charge < -0.3 is 0 Å². The van der Waals surface area contributed by atoms with Crippen molar-refractivity contribution in [3.63, 3.8) is 0 Å². The summed E-state index contributed by atoms with van der Waals surface area (Å²) < 4.78 is 1.41. The van der Waals surface area contributed by atoms with Gasteiger partial charge >= 0.3 is 11.4 Å². The zero-order valence-electron chi connectivity index (χ0n) is 14.5. The first-order valence-electron chi connectivity index (χ1n) is 9.08. The van der Waals surface area contributed by atoms with Gasteiger partial charge in [-0.3, -0.25) is 24.3 Å².